The zero-order valence-corrected chi connectivity index (χ0v) is 14.7. The Balaban J connectivity index is 1.61. The van der Waals surface area contributed by atoms with Gasteiger partial charge in [0, 0.05) is 31.1 Å². The quantitative estimate of drug-likeness (QED) is 0.836. The molecule has 2 aromatic heterocycles. The number of amides is 1. The topological polar surface area (TPSA) is 59.0 Å². The summed E-state index contributed by atoms with van der Waals surface area (Å²) in [5.41, 5.74) is 2.92. The maximum absolute atomic E-state index is 13.2. The molecule has 0 saturated heterocycles. The van der Waals surface area contributed by atoms with Crippen LogP contribution < -0.4 is 0 Å². The summed E-state index contributed by atoms with van der Waals surface area (Å²) >= 11 is 0. The van der Waals surface area contributed by atoms with Gasteiger partial charge in [-0.15, -0.1) is 0 Å². The van der Waals surface area contributed by atoms with Crippen LogP contribution in [0.4, 0.5) is 0 Å². The molecule has 5 nitrogen and oxygen atoms in total. The molecule has 2 aromatic rings. The van der Waals surface area contributed by atoms with Crippen molar-refractivity contribution in [3.05, 3.63) is 53.4 Å². The Morgan fingerprint density at radius 2 is 2.00 bits per heavy atom. The lowest BCUT2D eigenvalue weighted by Crippen LogP contribution is -2.38. The van der Waals surface area contributed by atoms with E-state index in [1.54, 1.807) is 12.4 Å². The summed E-state index contributed by atoms with van der Waals surface area (Å²) < 4.78 is 0. The molecule has 0 aromatic carbocycles. The van der Waals surface area contributed by atoms with Crippen molar-refractivity contribution in [1.82, 2.24) is 19.9 Å². The average molecular weight is 336 g/mol. The highest BCUT2D eigenvalue weighted by Crippen LogP contribution is 2.38. The SMILES string of the molecule is CCCN(C(=O)c1cnc(C2CC2)nc1)[C@H]1CCCc2cccnc21. The number of carbonyl (C=O) groups excluding carboxylic acids is 1. The molecule has 1 amide bonds. The summed E-state index contributed by atoms with van der Waals surface area (Å²) in [5.74, 6) is 1.40. The van der Waals surface area contributed by atoms with Gasteiger partial charge in [-0.05, 0) is 50.2 Å². The van der Waals surface area contributed by atoms with E-state index < -0.39 is 0 Å². The lowest BCUT2D eigenvalue weighted by atomic mass is 9.90. The number of carbonyl (C=O) groups is 1. The van der Waals surface area contributed by atoms with E-state index >= 15 is 0 Å². The molecule has 0 N–H and O–H groups in total. The van der Waals surface area contributed by atoms with Gasteiger partial charge in [0.05, 0.1) is 17.3 Å². The van der Waals surface area contributed by atoms with E-state index in [9.17, 15) is 4.79 Å². The van der Waals surface area contributed by atoms with E-state index in [1.165, 1.54) is 18.4 Å². The smallest absolute Gasteiger partial charge is 0.257 e. The Hall–Kier alpha value is -2.30. The lowest BCUT2D eigenvalue weighted by molar-refractivity contribution is 0.0651. The summed E-state index contributed by atoms with van der Waals surface area (Å²) in [5, 5.41) is 0. The number of aryl methyl sites for hydroxylation is 1. The second-order valence-electron chi connectivity index (χ2n) is 7.06. The summed E-state index contributed by atoms with van der Waals surface area (Å²) in [6, 6.07) is 4.18. The van der Waals surface area contributed by atoms with Gasteiger partial charge in [0.15, 0.2) is 0 Å². The van der Waals surface area contributed by atoms with Gasteiger partial charge < -0.3 is 4.90 Å². The molecular weight excluding hydrogens is 312 g/mol. The van der Waals surface area contributed by atoms with E-state index in [-0.39, 0.29) is 11.9 Å². The minimum Gasteiger partial charge on any atom is -0.330 e. The van der Waals surface area contributed by atoms with Crippen molar-refractivity contribution in [2.24, 2.45) is 0 Å². The van der Waals surface area contributed by atoms with Gasteiger partial charge in [-0.3, -0.25) is 9.78 Å². The Labute approximate surface area is 148 Å². The van der Waals surface area contributed by atoms with Crippen molar-refractivity contribution in [2.75, 3.05) is 6.54 Å². The lowest BCUT2D eigenvalue weighted by Gasteiger charge is -2.35. The predicted molar refractivity (Wildman–Crippen MR) is 95.3 cm³/mol. The standard InChI is InChI=1S/C20H24N4O/c1-2-11-24(17-7-3-5-14-6-4-10-21-18(14)17)20(25)16-12-22-19(23-13-16)15-8-9-15/h4,6,10,12-13,15,17H,2-3,5,7-9,11H2,1H3/t17-/m0/s1. The molecule has 1 saturated carbocycles. The molecule has 5 heteroatoms. The maximum atomic E-state index is 13.2. The zero-order valence-electron chi connectivity index (χ0n) is 14.7. The van der Waals surface area contributed by atoms with Crippen LogP contribution in [0.1, 0.15) is 78.4 Å². The largest absolute Gasteiger partial charge is 0.330 e. The first-order valence-corrected chi connectivity index (χ1v) is 9.34. The third kappa shape index (κ3) is 3.28. The molecule has 0 unspecified atom stereocenters. The van der Waals surface area contributed by atoms with Crippen LogP contribution in [0, 0.1) is 0 Å². The molecular formula is C20H24N4O. The number of rotatable bonds is 5. The van der Waals surface area contributed by atoms with Crippen LogP contribution in [0.15, 0.2) is 30.7 Å². The molecule has 130 valence electrons. The van der Waals surface area contributed by atoms with Crippen LogP contribution in [0.5, 0.6) is 0 Å². The molecule has 2 aliphatic rings. The third-order valence-corrected chi connectivity index (χ3v) is 5.13. The minimum atomic E-state index is 0.0210. The van der Waals surface area contributed by atoms with Gasteiger partial charge in [-0.25, -0.2) is 9.97 Å². The average Bonchev–Trinajstić information content (AvgIpc) is 3.51. The normalized spacial score (nSPS) is 19.3. The number of hydrogen-bond acceptors (Lipinski definition) is 4. The van der Waals surface area contributed by atoms with Gasteiger partial charge in [-0.1, -0.05) is 13.0 Å². The third-order valence-electron chi connectivity index (χ3n) is 5.13. The first-order valence-electron chi connectivity index (χ1n) is 9.34. The fourth-order valence-corrected chi connectivity index (χ4v) is 3.69. The highest BCUT2D eigenvalue weighted by molar-refractivity contribution is 5.94. The number of pyridine rings is 1. The number of nitrogens with zero attached hydrogens (tertiary/aromatic N) is 4. The van der Waals surface area contributed by atoms with Crippen LogP contribution in [0.3, 0.4) is 0 Å². The van der Waals surface area contributed by atoms with Crippen molar-refractivity contribution in [3.8, 4) is 0 Å². The van der Waals surface area contributed by atoms with Crippen LogP contribution in [0.25, 0.3) is 0 Å². The minimum absolute atomic E-state index is 0.0210. The summed E-state index contributed by atoms with van der Waals surface area (Å²) in [7, 11) is 0. The van der Waals surface area contributed by atoms with E-state index in [1.807, 2.05) is 17.2 Å². The van der Waals surface area contributed by atoms with E-state index in [0.717, 1.165) is 43.7 Å². The van der Waals surface area contributed by atoms with Gasteiger partial charge >= 0.3 is 0 Å². The van der Waals surface area contributed by atoms with Gasteiger partial charge in [0.2, 0.25) is 0 Å². The Bertz CT molecular complexity index is 755. The Kier molecular flexibility index (Phi) is 4.47. The van der Waals surface area contributed by atoms with Crippen molar-refractivity contribution < 1.29 is 4.79 Å². The Morgan fingerprint density at radius 3 is 2.72 bits per heavy atom. The van der Waals surface area contributed by atoms with Gasteiger partial charge in [-0.2, -0.15) is 0 Å². The highest BCUT2D eigenvalue weighted by Gasteiger charge is 2.31. The first-order chi connectivity index (χ1) is 12.3. The van der Waals surface area contributed by atoms with E-state index in [4.69, 9.17) is 0 Å². The Morgan fingerprint density at radius 1 is 1.20 bits per heavy atom. The van der Waals surface area contributed by atoms with Gasteiger partial charge in [0.25, 0.3) is 5.91 Å². The summed E-state index contributed by atoms with van der Waals surface area (Å²) in [6.07, 6.45) is 11.6. The summed E-state index contributed by atoms with van der Waals surface area (Å²) in [6.45, 7) is 2.83. The highest BCUT2D eigenvalue weighted by atomic mass is 16.2. The number of fused-ring (bicyclic) bond motifs is 1. The van der Waals surface area contributed by atoms with E-state index in [2.05, 4.69) is 27.9 Å². The second kappa shape index (κ2) is 6.90. The van der Waals surface area contributed by atoms with Crippen molar-refractivity contribution in [2.45, 2.75) is 57.4 Å². The number of hydrogen-bond donors (Lipinski definition) is 0. The first kappa shape index (κ1) is 16.2. The summed E-state index contributed by atoms with van der Waals surface area (Å²) in [4.78, 5) is 28.6. The zero-order chi connectivity index (χ0) is 17.2. The fraction of sp³-hybridized carbons (Fsp3) is 0.500. The van der Waals surface area contributed by atoms with Crippen molar-refractivity contribution >= 4 is 5.91 Å². The van der Waals surface area contributed by atoms with Crippen molar-refractivity contribution in [1.29, 1.82) is 0 Å². The molecule has 2 aliphatic carbocycles. The molecule has 1 fully saturated rings. The monoisotopic (exact) mass is 336 g/mol. The fourth-order valence-electron chi connectivity index (χ4n) is 3.69. The molecule has 0 radical (unpaired) electrons. The van der Waals surface area contributed by atoms with Crippen LogP contribution in [-0.2, 0) is 6.42 Å². The molecule has 0 bridgehead atoms. The molecule has 1 atom stereocenters. The number of aromatic nitrogens is 3. The van der Waals surface area contributed by atoms with E-state index in [0.29, 0.717) is 11.5 Å². The van der Waals surface area contributed by atoms with Crippen LogP contribution in [0.2, 0.25) is 0 Å². The molecule has 2 heterocycles. The molecule has 0 aliphatic heterocycles. The van der Waals surface area contributed by atoms with Crippen molar-refractivity contribution in [3.63, 3.8) is 0 Å². The second-order valence-corrected chi connectivity index (χ2v) is 7.06. The molecule has 25 heavy (non-hydrogen) atoms. The van der Waals surface area contributed by atoms with Gasteiger partial charge in [0.1, 0.15) is 5.82 Å². The van der Waals surface area contributed by atoms with Crippen LogP contribution >= 0.6 is 0 Å². The molecule has 4 rings (SSSR count). The predicted octanol–water partition coefficient (Wildman–Crippen LogP) is 3.68. The maximum Gasteiger partial charge on any atom is 0.257 e. The molecule has 0 spiro atoms. The van der Waals surface area contributed by atoms with Crippen LogP contribution in [-0.4, -0.2) is 32.3 Å².